The van der Waals surface area contributed by atoms with Crippen molar-refractivity contribution in [1.82, 2.24) is 40.0 Å². The van der Waals surface area contributed by atoms with Gasteiger partial charge in [0.2, 0.25) is 17.7 Å². The summed E-state index contributed by atoms with van der Waals surface area (Å²) < 4.78 is 18.8. The Morgan fingerprint density at radius 3 is 2.46 bits per heavy atom. The summed E-state index contributed by atoms with van der Waals surface area (Å²) in [5, 5.41) is 5.80. The first-order valence-corrected chi connectivity index (χ1v) is 25.7. The highest BCUT2D eigenvalue weighted by atomic mass is 16.5. The molecule has 388 valence electrons. The largest absolute Gasteiger partial charge is 0.467 e. The lowest BCUT2D eigenvalue weighted by Gasteiger charge is -2.37. The van der Waals surface area contributed by atoms with Crippen LogP contribution in [0.2, 0.25) is 0 Å². The van der Waals surface area contributed by atoms with E-state index in [1.54, 1.807) is 43.4 Å². The quantitative estimate of drug-likeness (QED) is 0.0679. The van der Waals surface area contributed by atoms with E-state index in [4.69, 9.17) is 19.2 Å². The zero-order valence-corrected chi connectivity index (χ0v) is 43.8. The lowest BCUT2D eigenvalue weighted by molar-refractivity contribution is -0.145. The number of hydrogen-bond acceptors (Lipinski definition) is 11. The molecule has 0 spiro atoms. The Hall–Kier alpha value is -5.94. The molecule has 0 unspecified atom stereocenters. The summed E-state index contributed by atoms with van der Waals surface area (Å²) in [5.74, 6) is -1.70. The number of fused-ring (bicyclic) bond motifs is 1. The molecule has 3 aliphatic heterocycles. The molecule has 16 nitrogen and oxygen atoms in total. The third-order valence-corrected chi connectivity index (χ3v) is 14.6. The van der Waals surface area contributed by atoms with Crippen molar-refractivity contribution in [2.24, 2.45) is 17.3 Å². The Labute approximate surface area is 425 Å². The van der Waals surface area contributed by atoms with Crippen molar-refractivity contribution < 1.29 is 38.2 Å². The van der Waals surface area contributed by atoms with Gasteiger partial charge in [-0.2, -0.15) is 0 Å². The number of likely N-dealkylation sites (tertiary alicyclic amines) is 2. The second kappa shape index (κ2) is 24.2. The van der Waals surface area contributed by atoms with Crippen molar-refractivity contribution >= 4 is 41.0 Å². The molecule has 7 rings (SSSR count). The minimum atomic E-state index is -0.930. The third-order valence-electron chi connectivity index (χ3n) is 14.6. The molecule has 72 heavy (non-hydrogen) atoms. The summed E-state index contributed by atoms with van der Waals surface area (Å²) >= 11 is 0. The zero-order valence-electron chi connectivity index (χ0n) is 43.8. The number of methoxy groups -OCH3 is 2. The summed E-state index contributed by atoms with van der Waals surface area (Å²) in [5.41, 5.74) is 10.6. The van der Waals surface area contributed by atoms with E-state index in [9.17, 15) is 24.0 Å². The van der Waals surface area contributed by atoms with Crippen LogP contribution in [0.4, 0.5) is 0 Å². The van der Waals surface area contributed by atoms with Crippen molar-refractivity contribution in [2.45, 2.75) is 104 Å². The first-order valence-electron chi connectivity index (χ1n) is 25.7. The molecule has 4 atom stereocenters. The number of amides is 4. The topological polar surface area (TPSA) is 168 Å². The number of pyridine rings is 1. The van der Waals surface area contributed by atoms with Crippen LogP contribution in [-0.4, -0.2) is 151 Å². The average molecular weight is 989 g/mol. The molecular weight excluding hydrogens is 913 g/mol. The number of hydrogen-bond donors (Lipinski definition) is 2. The predicted octanol–water partition coefficient (Wildman–Crippen LogP) is 6.21. The standard InChI is InChI=1S/C56H76N8O8/c1-10-63-48-21-20-41(30-45(48)46(31-56(5,6)35-72-36-65)52(63)44-18-14-23-57-50(44)38(4)70-8)40-17-13-16-39(28-40)29-47(55(69)64-26-12-11-24-58-64)59-53(67)51(37(2)3)60(7)54(68)42-22-27-62(32-42)49(66)19-15-25-61-33-43(34-61)71-9/h13-21,23,28,30,36-38,42-43,47,51,58H,10-12,22,24-27,29,31-35H2,1-9H3,(H,59,67)/b19-15+/t38-,42-,47-,51-/m0/s1. The van der Waals surface area contributed by atoms with Crippen LogP contribution >= 0.6 is 0 Å². The summed E-state index contributed by atoms with van der Waals surface area (Å²) in [6.07, 6.45) is 8.32. The molecule has 0 bridgehead atoms. The van der Waals surface area contributed by atoms with Crippen molar-refractivity contribution in [3.05, 3.63) is 89.8 Å². The van der Waals surface area contributed by atoms with Gasteiger partial charge in [0.05, 0.1) is 36.1 Å². The Kier molecular flexibility index (Phi) is 18.1. The molecule has 16 heteroatoms. The number of aromatic nitrogens is 2. The minimum Gasteiger partial charge on any atom is -0.467 e. The molecule has 3 saturated heterocycles. The Morgan fingerprint density at radius 1 is 0.986 bits per heavy atom. The molecule has 2 aromatic carbocycles. The SMILES string of the molecule is CCn1c(-c2cccnc2[C@H](C)OC)c(CC(C)(C)COC=O)c2cc(-c3cccc(C[C@H](NC(=O)[C@H](C(C)C)N(C)C(=O)[C@H]4CCN(C(=O)/C=C/CN5CC(OC)C5)C4)C(=O)N4CCCCN4)c3)ccc21. The lowest BCUT2D eigenvalue weighted by Crippen LogP contribution is -2.59. The molecule has 4 amide bonds. The van der Waals surface area contributed by atoms with Gasteiger partial charge in [-0.1, -0.05) is 64.1 Å². The lowest BCUT2D eigenvalue weighted by atomic mass is 9.84. The number of rotatable bonds is 22. The molecule has 3 aliphatic rings. The molecule has 0 aliphatic carbocycles. The number of nitrogens with zero attached hydrogens (tertiary/aromatic N) is 6. The van der Waals surface area contributed by atoms with Gasteiger partial charge >= 0.3 is 0 Å². The molecule has 2 N–H and O–H groups in total. The van der Waals surface area contributed by atoms with Gasteiger partial charge in [0.15, 0.2) is 0 Å². The highest BCUT2D eigenvalue weighted by Crippen LogP contribution is 2.42. The third kappa shape index (κ3) is 12.4. The fourth-order valence-corrected chi connectivity index (χ4v) is 10.6. The Bertz CT molecular complexity index is 2580. The van der Waals surface area contributed by atoms with Gasteiger partial charge in [-0.25, -0.2) is 5.43 Å². The zero-order chi connectivity index (χ0) is 51.7. The van der Waals surface area contributed by atoms with Gasteiger partial charge in [0.1, 0.15) is 12.1 Å². The van der Waals surface area contributed by atoms with E-state index in [-0.39, 0.29) is 55.4 Å². The van der Waals surface area contributed by atoms with Crippen molar-refractivity contribution in [2.75, 3.05) is 73.7 Å². The van der Waals surface area contributed by atoms with Gasteiger partial charge < -0.3 is 33.9 Å². The number of aryl methyl sites for hydroxylation is 1. The van der Waals surface area contributed by atoms with E-state index in [1.807, 2.05) is 45.0 Å². The van der Waals surface area contributed by atoms with Gasteiger partial charge in [-0.05, 0) is 92.0 Å². The van der Waals surface area contributed by atoms with E-state index in [2.05, 4.69) is 77.4 Å². The molecule has 2 aromatic heterocycles. The monoisotopic (exact) mass is 989 g/mol. The van der Waals surface area contributed by atoms with Crippen LogP contribution in [0.25, 0.3) is 33.3 Å². The Balaban J connectivity index is 1.14. The minimum absolute atomic E-state index is 0.129. The van der Waals surface area contributed by atoms with Crippen LogP contribution in [0.1, 0.15) is 83.7 Å². The van der Waals surface area contributed by atoms with E-state index in [0.29, 0.717) is 52.0 Å². The number of hydrazine groups is 1. The summed E-state index contributed by atoms with van der Waals surface area (Å²) in [7, 11) is 5.04. The molecule has 4 aromatic rings. The van der Waals surface area contributed by atoms with Crippen LogP contribution in [0.5, 0.6) is 0 Å². The second-order valence-electron chi connectivity index (χ2n) is 20.8. The fraction of sp³-hybridized carbons (Fsp3) is 0.536. The summed E-state index contributed by atoms with van der Waals surface area (Å²) in [6.45, 7) is 17.8. The first kappa shape index (κ1) is 53.8. The maximum atomic E-state index is 14.6. The van der Waals surface area contributed by atoms with Crippen molar-refractivity contribution in [3.8, 4) is 22.4 Å². The molecular formula is C56H76N8O8. The molecule has 0 radical (unpaired) electrons. The number of benzene rings is 2. The molecule has 0 saturated carbocycles. The van der Waals surface area contributed by atoms with E-state index < -0.39 is 29.3 Å². The highest BCUT2D eigenvalue weighted by Gasteiger charge is 2.39. The smallest absolute Gasteiger partial charge is 0.293 e. The maximum absolute atomic E-state index is 14.6. The van der Waals surface area contributed by atoms with E-state index >= 15 is 0 Å². The predicted molar refractivity (Wildman–Crippen MR) is 278 cm³/mol. The second-order valence-corrected chi connectivity index (χ2v) is 20.8. The van der Waals surface area contributed by atoms with Gasteiger partial charge in [0, 0.05) is 114 Å². The number of nitrogens with one attached hydrogen (secondary N) is 2. The average Bonchev–Trinajstić information content (AvgIpc) is 3.98. The maximum Gasteiger partial charge on any atom is 0.293 e. The van der Waals surface area contributed by atoms with Crippen molar-refractivity contribution in [3.63, 3.8) is 0 Å². The highest BCUT2D eigenvalue weighted by molar-refractivity contribution is 5.96. The van der Waals surface area contributed by atoms with Gasteiger partial charge in [-0.15, -0.1) is 0 Å². The molecule has 3 fully saturated rings. The first-order chi connectivity index (χ1) is 34.6. The van der Waals surface area contributed by atoms with E-state index in [0.717, 1.165) is 76.0 Å². The number of likely N-dealkylation sites (N-methyl/N-ethyl adjacent to an activating group) is 1. The van der Waals surface area contributed by atoms with Crippen LogP contribution in [0.15, 0.2) is 72.9 Å². The number of ether oxygens (including phenoxy) is 3. The van der Waals surface area contributed by atoms with E-state index in [1.165, 1.54) is 4.90 Å². The van der Waals surface area contributed by atoms with Crippen LogP contribution in [-0.2, 0) is 57.6 Å². The normalized spacial score (nSPS) is 18.1. The number of carbonyl (C=O) groups is 5. The number of carbonyl (C=O) groups excluding carboxylic acids is 5. The van der Waals surface area contributed by atoms with Crippen LogP contribution in [0, 0.1) is 17.3 Å². The molecule has 5 heterocycles. The van der Waals surface area contributed by atoms with Crippen LogP contribution < -0.4 is 10.7 Å². The van der Waals surface area contributed by atoms with Crippen molar-refractivity contribution in [1.29, 1.82) is 0 Å². The van der Waals surface area contributed by atoms with Gasteiger partial charge in [0.25, 0.3) is 12.4 Å². The summed E-state index contributed by atoms with van der Waals surface area (Å²) in [4.78, 5) is 77.9. The van der Waals surface area contributed by atoms with Gasteiger partial charge in [-0.3, -0.25) is 38.9 Å². The Morgan fingerprint density at radius 2 is 1.76 bits per heavy atom. The summed E-state index contributed by atoms with van der Waals surface area (Å²) in [6, 6.07) is 16.8. The fourth-order valence-electron chi connectivity index (χ4n) is 10.6. The van der Waals surface area contributed by atoms with Crippen LogP contribution in [0.3, 0.4) is 0 Å².